The van der Waals surface area contributed by atoms with Gasteiger partial charge in [-0.2, -0.15) is 0 Å². The van der Waals surface area contributed by atoms with Gasteiger partial charge in [0.15, 0.2) is 5.82 Å². The first-order valence-corrected chi connectivity index (χ1v) is 7.10. The molecular formula is C11H10BrClN2OS. The Hall–Kier alpha value is -0.490. The molecule has 0 aliphatic carbocycles. The Morgan fingerprint density at radius 3 is 2.94 bits per heavy atom. The van der Waals surface area contributed by atoms with Gasteiger partial charge in [-0.05, 0) is 34.3 Å². The van der Waals surface area contributed by atoms with Crippen molar-refractivity contribution in [3.63, 3.8) is 0 Å². The second kappa shape index (κ2) is 5.91. The van der Waals surface area contributed by atoms with Gasteiger partial charge in [0, 0.05) is 17.1 Å². The SMILES string of the molecule is CCOCc1nc(Cl)cc(-c2sccc2Br)n1. The van der Waals surface area contributed by atoms with E-state index in [2.05, 4.69) is 25.9 Å². The zero-order chi connectivity index (χ0) is 12.3. The van der Waals surface area contributed by atoms with Crippen LogP contribution in [-0.2, 0) is 11.3 Å². The van der Waals surface area contributed by atoms with Crippen molar-refractivity contribution < 1.29 is 4.74 Å². The molecule has 0 aromatic carbocycles. The van der Waals surface area contributed by atoms with Crippen LogP contribution in [0.1, 0.15) is 12.7 Å². The summed E-state index contributed by atoms with van der Waals surface area (Å²) in [4.78, 5) is 9.61. The molecule has 2 aromatic heterocycles. The monoisotopic (exact) mass is 332 g/mol. The minimum atomic E-state index is 0.382. The van der Waals surface area contributed by atoms with Gasteiger partial charge < -0.3 is 4.74 Å². The summed E-state index contributed by atoms with van der Waals surface area (Å²) < 4.78 is 6.30. The highest BCUT2D eigenvalue weighted by molar-refractivity contribution is 9.10. The summed E-state index contributed by atoms with van der Waals surface area (Å²) in [6, 6.07) is 3.74. The second-order valence-corrected chi connectivity index (χ2v) is 5.38. The van der Waals surface area contributed by atoms with E-state index in [1.54, 1.807) is 17.4 Å². The zero-order valence-electron chi connectivity index (χ0n) is 9.11. The molecule has 0 unspecified atom stereocenters. The molecule has 0 saturated carbocycles. The first-order chi connectivity index (χ1) is 8.20. The van der Waals surface area contributed by atoms with E-state index in [0.29, 0.717) is 24.2 Å². The fraction of sp³-hybridized carbons (Fsp3) is 0.273. The largest absolute Gasteiger partial charge is 0.374 e. The fourth-order valence-corrected chi connectivity index (χ4v) is 3.05. The molecule has 0 aliphatic heterocycles. The van der Waals surface area contributed by atoms with Crippen LogP contribution in [0.2, 0.25) is 5.15 Å². The van der Waals surface area contributed by atoms with Crippen molar-refractivity contribution in [1.29, 1.82) is 0 Å². The maximum absolute atomic E-state index is 5.98. The van der Waals surface area contributed by atoms with Crippen LogP contribution in [0.15, 0.2) is 22.0 Å². The van der Waals surface area contributed by atoms with E-state index in [1.807, 2.05) is 18.4 Å². The molecule has 3 nitrogen and oxygen atoms in total. The molecule has 0 aliphatic rings. The van der Waals surface area contributed by atoms with E-state index >= 15 is 0 Å². The third-order valence-corrected chi connectivity index (χ3v) is 4.08. The maximum atomic E-state index is 5.98. The van der Waals surface area contributed by atoms with Gasteiger partial charge in [0.1, 0.15) is 11.8 Å². The van der Waals surface area contributed by atoms with Gasteiger partial charge in [-0.3, -0.25) is 0 Å². The van der Waals surface area contributed by atoms with Crippen LogP contribution in [0.25, 0.3) is 10.6 Å². The van der Waals surface area contributed by atoms with E-state index in [9.17, 15) is 0 Å². The predicted octanol–water partition coefficient (Wildman–Crippen LogP) is 4.16. The van der Waals surface area contributed by atoms with Crippen LogP contribution in [0.3, 0.4) is 0 Å². The van der Waals surface area contributed by atoms with Crippen LogP contribution in [0.5, 0.6) is 0 Å². The summed E-state index contributed by atoms with van der Waals surface area (Å²) in [6.45, 7) is 2.95. The van der Waals surface area contributed by atoms with E-state index < -0.39 is 0 Å². The van der Waals surface area contributed by atoms with Crippen molar-refractivity contribution in [3.05, 3.63) is 33.0 Å². The third kappa shape index (κ3) is 3.25. The number of nitrogens with zero attached hydrogens (tertiary/aromatic N) is 2. The Labute approximate surface area is 117 Å². The van der Waals surface area contributed by atoms with Gasteiger partial charge in [-0.15, -0.1) is 11.3 Å². The molecule has 0 radical (unpaired) electrons. The molecule has 0 amide bonds. The maximum Gasteiger partial charge on any atom is 0.156 e. The number of hydrogen-bond donors (Lipinski definition) is 0. The number of rotatable bonds is 4. The smallest absolute Gasteiger partial charge is 0.156 e. The van der Waals surface area contributed by atoms with Crippen molar-refractivity contribution >= 4 is 38.9 Å². The Bertz CT molecular complexity index is 518. The average Bonchev–Trinajstić information content (AvgIpc) is 2.72. The van der Waals surface area contributed by atoms with Crippen LogP contribution in [0, 0.1) is 0 Å². The van der Waals surface area contributed by atoms with E-state index in [0.717, 1.165) is 15.0 Å². The highest BCUT2D eigenvalue weighted by Crippen LogP contribution is 2.33. The summed E-state index contributed by atoms with van der Waals surface area (Å²) in [5, 5.41) is 2.43. The molecule has 2 rings (SSSR count). The average molecular weight is 334 g/mol. The van der Waals surface area contributed by atoms with Gasteiger partial charge in [-0.25, -0.2) is 9.97 Å². The minimum Gasteiger partial charge on any atom is -0.374 e. The number of aromatic nitrogens is 2. The summed E-state index contributed by atoms with van der Waals surface area (Å²) in [5.74, 6) is 0.606. The second-order valence-electron chi connectivity index (χ2n) is 3.23. The molecular weight excluding hydrogens is 324 g/mol. The number of thiophene rings is 1. The first kappa shape index (κ1) is 13.0. The quantitative estimate of drug-likeness (QED) is 0.788. The Morgan fingerprint density at radius 1 is 1.47 bits per heavy atom. The lowest BCUT2D eigenvalue weighted by atomic mass is 10.3. The van der Waals surface area contributed by atoms with Gasteiger partial charge in [0.05, 0.1) is 10.6 Å². The summed E-state index contributed by atoms with van der Waals surface area (Å²) in [6.07, 6.45) is 0. The summed E-state index contributed by atoms with van der Waals surface area (Å²) in [5.41, 5.74) is 0.821. The molecule has 0 spiro atoms. The van der Waals surface area contributed by atoms with Crippen LogP contribution < -0.4 is 0 Å². The van der Waals surface area contributed by atoms with Crippen molar-refractivity contribution in [2.75, 3.05) is 6.61 Å². The number of halogens is 2. The van der Waals surface area contributed by atoms with Crippen LogP contribution >= 0.6 is 38.9 Å². The Morgan fingerprint density at radius 2 is 2.29 bits per heavy atom. The molecule has 0 fully saturated rings. The number of ether oxygens (including phenoxy) is 1. The topological polar surface area (TPSA) is 35.0 Å². The van der Waals surface area contributed by atoms with Gasteiger partial charge in [-0.1, -0.05) is 11.6 Å². The summed E-state index contributed by atoms with van der Waals surface area (Å²) >= 11 is 11.1. The van der Waals surface area contributed by atoms with Crippen molar-refractivity contribution in [3.8, 4) is 10.6 Å². The van der Waals surface area contributed by atoms with Gasteiger partial charge in [0.2, 0.25) is 0 Å². The molecule has 2 heterocycles. The van der Waals surface area contributed by atoms with Crippen LogP contribution in [0.4, 0.5) is 0 Å². The van der Waals surface area contributed by atoms with Crippen LogP contribution in [-0.4, -0.2) is 16.6 Å². The lowest BCUT2D eigenvalue weighted by molar-refractivity contribution is 0.128. The van der Waals surface area contributed by atoms with E-state index in [1.165, 1.54) is 0 Å². The third-order valence-electron chi connectivity index (χ3n) is 2.03. The molecule has 6 heteroatoms. The highest BCUT2D eigenvalue weighted by atomic mass is 79.9. The van der Waals surface area contributed by atoms with Crippen molar-refractivity contribution in [2.45, 2.75) is 13.5 Å². The lowest BCUT2D eigenvalue weighted by Crippen LogP contribution is -2.00. The number of hydrogen-bond acceptors (Lipinski definition) is 4. The van der Waals surface area contributed by atoms with E-state index in [-0.39, 0.29) is 0 Å². The summed E-state index contributed by atoms with van der Waals surface area (Å²) in [7, 11) is 0. The highest BCUT2D eigenvalue weighted by Gasteiger charge is 2.09. The molecule has 0 saturated heterocycles. The lowest BCUT2D eigenvalue weighted by Gasteiger charge is -2.04. The molecule has 90 valence electrons. The molecule has 0 bridgehead atoms. The van der Waals surface area contributed by atoms with E-state index in [4.69, 9.17) is 16.3 Å². The molecule has 0 N–H and O–H groups in total. The van der Waals surface area contributed by atoms with Gasteiger partial charge in [0.25, 0.3) is 0 Å². The fourth-order valence-electron chi connectivity index (χ4n) is 1.32. The van der Waals surface area contributed by atoms with Crippen molar-refractivity contribution in [1.82, 2.24) is 9.97 Å². The molecule has 2 aromatic rings. The Balaban J connectivity index is 2.35. The molecule has 17 heavy (non-hydrogen) atoms. The minimum absolute atomic E-state index is 0.382. The van der Waals surface area contributed by atoms with Gasteiger partial charge >= 0.3 is 0 Å². The molecule has 0 atom stereocenters. The normalized spacial score (nSPS) is 10.8. The predicted molar refractivity (Wildman–Crippen MR) is 73.4 cm³/mol. The standard InChI is InChI=1S/C11H10BrClN2OS/c1-2-16-6-10-14-8(5-9(13)15-10)11-7(12)3-4-17-11/h3-5H,2,6H2,1H3. The zero-order valence-corrected chi connectivity index (χ0v) is 12.3. The van der Waals surface area contributed by atoms with Crippen molar-refractivity contribution in [2.24, 2.45) is 0 Å². The Kier molecular flexibility index (Phi) is 4.50. The first-order valence-electron chi connectivity index (χ1n) is 5.05.